The van der Waals surface area contributed by atoms with E-state index in [0.29, 0.717) is 4.80 Å². The van der Waals surface area contributed by atoms with E-state index in [1.807, 2.05) is 6.07 Å². The Morgan fingerprint density at radius 1 is 1.19 bits per heavy atom. The van der Waals surface area contributed by atoms with Gasteiger partial charge in [0.25, 0.3) is 0 Å². The lowest BCUT2D eigenvalue weighted by molar-refractivity contribution is 0.733. The van der Waals surface area contributed by atoms with Gasteiger partial charge in [0.05, 0.1) is 5.69 Å². The summed E-state index contributed by atoms with van der Waals surface area (Å²) in [6.45, 7) is 5.11. The van der Waals surface area contributed by atoms with Gasteiger partial charge >= 0.3 is 0 Å². The zero-order valence-corrected chi connectivity index (χ0v) is 10.5. The van der Waals surface area contributed by atoms with Gasteiger partial charge in [0.2, 0.25) is 0 Å². The van der Waals surface area contributed by atoms with Crippen molar-refractivity contribution in [1.29, 1.82) is 5.41 Å². The highest BCUT2D eigenvalue weighted by atomic mass is 32.1. The van der Waals surface area contributed by atoms with E-state index in [-0.39, 0.29) is 0 Å². The molecule has 0 radical (unpaired) electrons. The fraction of sp³-hybridized carbons (Fsp3) is 0.308. The summed E-state index contributed by atoms with van der Waals surface area (Å²) in [6, 6.07) is 10.4. The van der Waals surface area contributed by atoms with Gasteiger partial charge in [0.1, 0.15) is 0 Å². The lowest BCUT2D eigenvalue weighted by Gasteiger charge is -2.07. The summed E-state index contributed by atoms with van der Waals surface area (Å²) in [4.78, 5) is 1.95. The number of rotatable bonds is 3. The molecule has 1 heterocycles. The van der Waals surface area contributed by atoms with E-state index in [4.69, 9.17) is 5.41 Å². The number of aryl methyl sites for hydroxylation is 1. The van der Waals surface area contributed by atoms with E-state index >= 15 is 0 Å². The molecule has 0 bridgehead atoms. The molecule has 0 aliphatic carbocycles. The fourth-order valence-electron chi connectivity index (χ4n) is 1.93. The van der Waals surface area contributed by atoms with E-state index < -0.39 is 0 Å². The first-order valence-corrected chi connectivity index (χ1v) is 6.42. The highest BCUT2D eigenvalue weighted by Gasteiger charge is 2.11. The SMILES string of the molecule is CCc1sc(=N)n(CC)c1-c1ccccc1. The van der Waals surface area contributed by atoms with E-state index in [2.05, 4.69) is 42.7 Å². The second-order valence-corrected chi connectivity index (χ2v) is 4.73. The van der Waals surface area contributed by atoms with Crippen LogP contribution in [-0.4, -0.2) is 4.57 Å². The van der Waals surface area contributed by atoms with Crippen molar-refractivity contribution in [3.63, 3.8) is 0 Å². The van der Waals surface area contributed by atoms with E-state index in [0.717, 1.165) is 13.0 Å². The Bertz CT molecular complexity index is 523. The zero-order valence-electron chi connectivity index (χ0n) is 9.66. The lowest BCUT2D eigenvalue weighted by atomic mass is 10.1. The van der Waals surface area contributed by atoms with Crippen LogP contribution < -0.4 is 4.80 Å². The van der Waals surface area contributed by atoms with Crippen LogP contribution in [0.15, 0.2) is 30.3 Å². The molecule has 0 saturated heterocycles. The largest absolute Gasteiger partial charge is 0.317 e. The summed E-state index contributed by atoms with van der Waals surface area (Å²) in [6.07, 6.45) is 0.994. The van der Waals surface area contributed by atoms with Crippen molar-refractivity contribution >= 4 is 11.3 Å². The van der Waals surface area contributed by atoms with Crippen molar-refractivity contribution in [2.45, 2.75) is 26.8 Å². The maximum atomic E-state index is 7.97. The molecule has 16 heavy (non-hydrogen) atoms. The summed E-state index contributed by atoms with van der Waals surface area (Å²) < 4.78 is 2.08. The standard InChI is InChI=1S/C13H16N2S/c1-3-11-12(10-8-6-5-7-9-10)15(4-2)13(14)16-11/h5-9,14H,3-4H2,1-2H3. The van der Waals surface area contributed by atoms with Gasteiger partial charge in [-0.3, -0.25) is 5.41 Å². The quantitative estimate of drug-likeness (QED) is 0.841. The molecule has 0 atom stereocenters. The predicted octanol–water partition coefficient (Wildman–Crippen LogP) is 3.28. The Balaban J connectivity index is 2.67. The van der Waals surface area contributed by atoms with Gasteiger partial charge in [0, 0.05) is 11.4 Å². The minimum absolute atomic E-state index is 0.651. The van der Waals surface area contributed by atoms with Gasteiger partial charge in [-0.05, 0) is 18.9 Å². The zero-order chi connectivity index (χ0) is 11.5. The third-order valence-electron chi connectivity index (χ3n) is 2.68. The van der Waals surface area contributed by atoms with Crippen molar-refractivity contribution in [3.8, 4) is 11.3 Å². The molecule has 0 amide bonds. The molecule has 2 aromatic rings. The van der Waals surface area contributed by atoms with Crippen LogP contribution in [-0.2, 0) is 13.0 Å². The van der Waals surface area contributed by atoms with Crippen molar-refractivity contribution in [2.75, 3.05) is 0 Å². The Hall–Kier alpha value is -1.35. The highest BCUT2D eigenvalue weighted by Crippen LogP contribution is 2.25. The van der Waals surface area contributed by atoms with Crippen LogP contribution in [0.25, 0.3) is 11.3 Å². The smallest absolute Gasteiger partial charge is 0.182 e. The van der Waals surface area contributed by atoms with E-state index in [9.17, 15) is 0 Å². The highest BCUT2D eigenvalue weighted by molar-refractivity contribution is 7.09. The molecule has 0 saturated carbocycles. The Morgan fingerprint density at radius 2 is 1.88 bits per heavy atom. The Kier molecular flexibility index (Phi) is 3.25. The summed E-state index contributed by atoms with van der Waals surface area (Å²) in [5, 5.41) is 7.97. The van der Waals surface area contributed by atoms with Crippen LogP contribution >= 0.6 is 11.3 Å². The molecule has 3 heteroatoms. The van der Waals surface area contributed by atoms with Gasteiger partial charge in [-0.25, -0.2) is 0 Å². The number of aromatic nitrogens is 1. The molecule has 0 unspecified atom stereocenters. The molecule has 0 fully saturated rings. The summed E-state index contributed by atoms with van der Waals surface area (Å²) >= 11 is 1.59. The molecule has 2 rings (SSSR count). The van der Waals surface area contributed by atoms with Crippen LogP contribution in [0, 0.1) is 5.41 Å². The number of nitrogens with one attached hydrogen (secondary N) is 1. The molecule has 0 spiro atoms. The summed E-state index contributed by atoms with van der Waals surface area (Å²) in [5.41, 5.74) is 2.44. The molecule has 0 aliphatic rings. The van der Waals surface area contributed by atoms with Crippen LogP contribution in [0.1, 0.15) is 18.7 Å². The van der Waals surface area contributed by atoms with Crippen molar-refractivity contribution in [1.82, 2.24) is 4.57 Å². The predicted molar refractivity (Wildman–Crippen MR) is 68.7 cm³/mol. The molecule has 0 aliphatic heterocycles. The monoisotopic (exact) mass is 232 g/mol. The lowest BCUT2D eigenvalue weighted by Crippen LogP contribution is -2.12. The van der Waals surface area contributed by atoms with Crippen molar-refractivity contribution in [2.24, 2.45) is 0 Å². The molecule has 84 valence electrons. The van der Waals surface area contributed by atoms with Gasteiger partial charge in [-0.1, -0.05) is 37.3 Å². The molecule has 2 nitrogen and oxygen atoms in total. The number of hydrogen-bond acceptors (Lipinski definition) is 2. The van der Waals surface area contributed by atoms with Crippen LogP contribution in [0.5, 0.6) is 0 Å². The van der Waals surface area contributed by atoms with E-state index in [1.165, 1.54) is 16.1 Å². The number of nitrogens with zero attached hydrogens (tertiary/aromatic N) is 1. The first-order valence-electron chi connectivity index (χ1n) is 5.60. The van der Waals surface area contributed by atoms with Crippen molar-refractivity contribution in [3.05, 3.63) is 40.0 Å². The first-order chi connectivity index (χ1) is 7.77. The minimum Gasteiger partial charge on any atom is -0.317 e. The molecule has 1 aromatic heterocycles. The van der Waals surface area contributed by atoms with Gasteiger partial charge < -0.3 is 4.57 Å². The van der Waals surface area contributed by atoms with Gasteiger partial charge in [-0.15, -0.1) is 11.3 Å². The summed E-state index contributed by atoms with van der Waals surface area (Å²) in [7, 11) is 0. The average Bonchev–Trinajstić information content (AvgIpc) is 2.66. The average molecular weight is 232 g/mol. The second-order valence-electron chi connectivity index (χ2n) is 3.64. The van der Waals surface area contributed by atoms with Crippen LogP contribution in [0.3, 0.4) is 0 Å². The third-order valence-corrected chi connectivity index (χ3v) is 3.83. The first kappa shape index (κ1) is 11.1. The topological polar surface area (TPSA) is 28.8 Å². The third kappa shape index (κ3) is 1.83. The maximum Gasteiger partial charge on any atom is 0.182 e. The van der Waals surface area contributed by atoms with E-state index in [1.54, 1.807) is 11.3 Å². The normalized spacial score (nSPS) is 10.6. The number of hydrogen-bond donors (Lipinski definition) is 1. The fourth-order valence-corrected chi connectivity index (χ4v) is 2.96. The number of benzene rings is 1. The van der Waals surface area contributed by atoms with Gasteiger partial charge in [0.15, 0.2) is 4.80 Å². The molecule has 1 N–H and O–H groups in total. The van der Waals surface area contributed by atoms with Crippen molar-refractivity contribution < 1.29 is 0 Å². The second kappa shape index (κ2) is 4.66. The Labute approximate surface area is 99.7 Å². The number of thiazole rings is 1. The Morgan fingerprint density at radius 3 is 2.44 bits per heavy atom. The summed E-state index contributed by atoms with van der Waals surface area (Å²) in [5.74, 6) is 0. The minimum atomic E-state index is 0.651. The van der Waals surface area contributed by atoms with Gasteiger partial charge in [-0.2, -0.15) is 0 Å². The maximum absolute atomic E-state index is 7.97. The molecular formula is C13H16N2S. The van der Waals surface area contributed by atoms with Crippen LogP contribution in [0.4, 0.5) is 0 Å². The molecular weight excluding hydrogens is 216 g/mol. The molecule has 1 aromatic carbocycles. The van der Waals surface area contributed by atoms with Crippen LogP contribution in [0.2, 0.25) is 0 Å².